The number of aromatic nitrogens is 2. The number of fused-ring (bicyclic) bond motifs is 10. The lowest BCUT2D eigenvalue weighted by molar-refractivity contribution is 0.657. The molecule has 0 saturated carbocycles. The average Bonchev–Trinajstić information content (AvgIpc) is 3.91. The van der Waals surface area contributed by atoms with E-state index in [1.807, 2.05) is 6.07 Å². The van der Waals surface area contributed by atoms with Crippen LogP contribution in [-0.2, 0) is 11.8 Å². The van der Waals surface area contributed by atoms with Crippen molar-refractivity contribution in [1.29, 1.82) is 0 Å². The minimum atomic E-state index is -0.0321. The van der Waals surface area contributed by atoms with E-state index in [0.29, 0.717) is 0 Å². The lowest BCUT2D eigenvalue weighted by Gasteiger charge is -2.30. The fraction of sp³-hybridized carbons (Fsp3) is 0.0926. The maximum absolute atomic E-state index is 6.79. The van der Waals surface area contributed by atoms with Crippen molar-refractivity contribution < 1.29 is 4.42 Å². The molecule has 0 aliphatic heterocycles. The van der Waals surface area contributed by atoms with E-state index in [-0.39, 0.29) is 11.3 Å². The number of furan rings is 1. The van der Waals surface area contributed by atoms with Gasteiger partial charge in [-0.1, -0.05) is 147 Å². The van der Waals surface area contributed by atoms with Gasteiger partial charge in [0.15, 0.2) is 0 Å². The highest BCUT2D eigenvalue weighted by Crippen LogP contribution is 2.53. The Labute approximate surface area is 331 Å². The number of imidazole rings is 1. The number of nitrogens with zero attached hydrogens (tertiary/aromatic N) is 2. The van der Waals surface area contributed by atoms with E-state index in [9.17, 15) is 0 Å². The highest BCUT2D eigenvalue weighted by molar-refractivity contribution is 6.10. The van der Waals surface area contributed by atoms with E-state index < -0.39 is 0 Å². The minimum Gasteiger partial charge on any atom is -0.455 e. The topological polar surface area (TPSA) is 31.0 Å². The Morgan fingerprint density at radius 3 is 2.18 bits per heavy atom. The zero-order valence-electron chi connectivity index (χ0n) is 31.8. The van der Waals surface area contributed by atoms with Crippen molar-refractivity contribution in [2.45, 2.75) is 31.6 Å². The average molecular weight is 731 g/mol. The quantitative estimate of drug-likeness (QED) is 0.181. The van der Waals surface area contributed by atoms with Crippen molar-refractivity contribution in [3.8, 4) is 50.5 Å². The third-order valence-corrected chi connectivity index (χ3v) is 12.8. The van der Waals surface area contributed by atoms with Gasteiger partial charge in [-0.15, -0.1) is 0 Å². The Morgan fingerprint density at radius 1 is 0.561 bits per heavy atom. The maximum Gasteiger partial charge on any atom is 0.145 e. The van der Waals surface area contributed by atoms with Crippen LogP contribution in [0.15, 0.2) is 180 Å². The summed E-state index contributed by atoms with van der Waals surface area (Å²) < 4.78 is 9.06. The van der Waals surface area contributed by atoms with Gasteiger partial charge in [0.1, 0.15) is 17.0 Å². The monoisotopic (exact) mass is 730 g/mol. The highest BCUT2D eigenvalue weighted by Gasteiger charge is 2.37. The predicted octanol–water partition coefficient (Wildman–Crippen LogP) is 13.9. The molecular formula is C54H38N2O. The van der Waals surface area contributed by atoms with Gasteiger partial charge < -0.3 is 4.42 Å². The van der Waals surface area contributed by atoms with Crippen molar-refractivity contribution in [2.24, 2.45) is 0 Å². The maximum atomic E-state index is 6.79. The zero-order chi connectivity index (χ0) is 37.8. The molecule has 8 aromatic carbocycles. The Balaban J connectivity index is 0.977. The lowest BCUT2D eigenvalue weighted by Crippen LogP contribution is -2.17. The van der Waals surface area contributed by atoms with Gasteiger partial charge in [0.2, 0.25) is 0 Å². The summed E-state index contributed by atoms with van der Waals surface area (Å²) in [6.45, 7) is 4.75. The number of hydrogen-bond donors (Lipinski definition) is 0. The van der Waals surface area contributed by atoms with Crippen molar-refractivity contribution in [2.75, 3.05) is 0 Å². The summed E-state index contributed by atoms with van der Waals surface area (Å²) in [5.74, 6) is 1.16. The van der Waals surface area contributed by atoms with Gasteiger partial charge in [0.05, 0.1) is 11.0 Å². The Kier molecular flexibility index (Phi) is 6.81. The second kappa shape index (κ2) is 12.0. The molecule has 2 heterocycles. The van der Waals surface area contributed by atoms with Gasteiger partial charge in [0.25, 0.3) is 0 Å². The summed E-state index contributed by atoms with van der Waals surface area (Å²) in [7, 11) is 0. The van der Waals surface area contributed by atoms with E-state index in [1.165, 1.54) is 50.1 Å². The van der Waals surface area contributed by atoms with Crippen LogP contribution in [0, 0.1) is 0 Å². The highest BCUT2D eigenvalue weighted by atomic mass is 16.3. The molecule has 57 heavy (non-hydrogen) atoms. The van der Waals surface area contributed by atoms with Gasteiger partial charge in [-0.05, 0) is 105 Å². The minimum absolute atomic E-state index is 0.0321. The van der Waals surface area contributed by atoms with Crippen LogP contribution >= 0.6 is 0 Å². The Bertz CT molecular complexity index is 3240. The Hall–Kier alpha value is -6.97. The first kappa shape index (κ1) is 32.3. The third-order valence-electron chi connectivity index (χ3n) is 12.8. The normalized spacial score (nSPS) is 15.1. The summed E-state index contributed by atoms with van der Waals surface area (Å²) in [4.78, 5) is 5.15. The van der Waals surface area contributed by atoms with Crippen LogP contribution in [0.2, 0.25) is 0 Å². The summed E-state index contributed by atoms with van der Waals surface area (Å²) in [6, 6.07) is 64.0. The molecule has 2 aliphatic rings. The first-order valence-electron chi connectivity index (χ1n) is 20.0. The first-order valence-corrected chi connectivity index (χ1v) is 20.0. The van der Waals surface area contributed by atoms with Crippen molar-refractivity contribution >= 4 is 33.0 Å². The van der Waals surface area contributed by atoms with Crippen LogP contribution in [0.1, 0.15) is 47.6 Å². The molecule has 0 N–H and O–H groups in total. The molecule has 12 rings (SSSR count). The summed E-state index contributed by atoms with van der Waals surface area (Å²) in [5, 5.41) is 2.28. The largest absolute Gasteiger partial charge is 0.455 e. The van der Waals surface area contributed by atoms with Gasteiger partial charge in [-0.25, -0.2) is 4.98 Å². The van der Waals surface area contributed by atoms with Gasteiger partial charge in [0, 0.05) is 38.9 Å². The lowest BCUT2D eigenvalue weighted by atomic mass is 9.73. The van der Waals surface area contributed by atoms with Crippen LogP contribution in [0.3, 0.4) is 0 Å². The SMILES string of the molecule is CC1(C)c2ccccc2-c2cc3c(cc21)CC(c1ccc2oc4c(-c5ccc6nc(-c7ccccc7)n(-c7ccccc7)c6c5)cccc4c2c1)c1ccccc1-3. The molecule has 2 aliphatic carbocycles. The molecule has 3 heteroatoms. The van der Waals surface area contributed by atoms with E-state index in [0.717, 1.165) is 67.6 Å². The molecule has 0 fully saturated rings. The molecule has 2 aromatic heterocycles. The van der Waals surface area contributed by atoms with Crippen LogP contribution in [-0.4, -0.2) is 9.55 Å². The van der Waals surface area contributed by atoms with Gasteiger partial charge >= 0.3 is 0 Å². The standard InChI is InChI=1S/C54H38N2O/c1-54(2)47-23-12-11-20-41(47)45-32-44-36(30-48(45)54)29-43(39-18-9-10-19-40(39)44)34-25-27-51-46(28-34)42-22-13-21-38(52(42)57-51)35-24-26-49-50(31-35)56(37-16-7-4-8-17-37)53(55-49)33-14-5-3-6-15-33/h3-28,30-32,43H,29H2,1-2H3. The predicted molar refractivity (Wildman–Crippen MR) is 234 cm³/mol. The number of hydrogen-bond acceptors (Lipinski definition) is 2. The van der Waals surface area contributed by atoms with E-state index in [1.54, 1.807) is 0 Å². The first-order chi connectivity index (χ1) is 28.0. The summed E-state index contributed by atoms with van der Waals surface area (Å²) >= 11 is 0. The summed E-state index contributed by atoms with van der Waals surface area (Å²) in [5.41, 5.74) is 20.6. The molecular weight excluding hydrogens is 693 g/mol. The molecule has 0 bridgehead atoms. The third kappa shape index (κ3) is 4.75. The van der Waals surface area contributed by atoms with Crippen molar-refractivity contribution in [3.63, 3.8) is 0 Å². The van der Waals surface area contributed by atoms with E-state index in [4.69, 9.17) is 9.40 Å². The molecule has 0 spiro atoms. The molecule has 1 unspecified atom stereocenters. The van der Waals surface area contributed by atoms with E-state index in [2.05, 4.69) is 188 Å². The van der Waals surface area contributed by atoms with Crippen molar-refractivity contribution in [3.05, 3.63) is 204 Å². The van der Waals surface area contributed by atoms with Gasteiger partial charge in [-0.3, -0.25) is 4.57 Å². The van der Waals surface area contributed by atoms with Crippen LogP contribution in [0.4, 0.5) is 0 Å². The molecule has 1 atom stereocenters. The number of rotatable bonds is 4. The molecule has 0 saturated heterocycles. The number of para-hydroxylation sites is 2. The summed E-state index contributed by atoms with van der Waals surface area (Å²) in [6.07, 6.45) is 0.957. The molecule has 0 radical (unpaired) electrons. The molecule has 10 aromatic rings. The van der Waals surface area contributed by atoms with Crippen LogP contribution in [0.5, 0.6) is 0 Å². The van der Waals surface area contributed by atoms with Crippen molar-refractivity contribution in [1.82, 2.24) is 9.55 Å². The van der Waals surface area contributed by atoms with E-state index >= 15 is 0 Å². The van der Waals surface area contributed by atoms with Crippen LogP contribution in [0.25, 0.3) is 83.4 Å². The van der Waals surface area contributed by atoms with Crippen LogP contribution < -0.4 is 0 Å². The zero-order valence-corrected chi connectivity index (χ0v) is 31.8. The molecule has 0 amide bonds. The Morgan fingerprint density at radius 2 is 1.32 bits per heavy atom. The van der Waals surface area contributed by atoms with Gasteiger partial charge in [-0.2, -0.15) is 0 Å². The molecule has 270 valence electrons. The fourth-order valence-electron chi connectivity index (χ4n) is 10.0. The second-order valence-corrected chi connectivity index (χ2v) is 16.3. The number of benzene rings is 8. The smallest absolute Gasteiger partial charge is 0.145 e. The molecule has 3 nitrogen and oxygen atoms in total. The fourth-order valence-corrected chi connectivity index (χ4v) is 10.0. The second-order valence-electron chi connectivity index (χ2n) is 16.3.